The van der Waals surface area contributed by atoms with Gasteiger partial charge in [-0.1, -0.05) is 54.0 Å². The lowest BCUT2D eigenvalue weighted by Crippen LogP contribution is -2.44. The lowest BCUT2D eigenvalue weighted by Gasteiger charge is -2.37. The third-order valence-electron chi connectivity index (χ3n) is 22.7. The van der Waals surface area contributed by atoms with E-state index in [1.54, 1.807) is 40.4 Å². The van der Waals surface area contributed by atoms with Crippen LogP contribution in [0.4, 0.5) is 5.82 Å². The van der Waals surface area contributed by atoms with Gasteiger partial charge in [0.25, 0.3) is 0 Å². The van der Waals surface area contributed by atoms with Crippen molar-refractivity contribution in [3.63, 3.8) is 0 Å². The Hall–Kier alpha value is -5.61. The van der Waals surface area contributed by atoms with Gasteiger partial charge in [-0.3, -0.25) is 9.36 Å². The second-order valence-corrected chi connectivity index (χ2v) is 64.7. The number of hydrogen-bond donors (Lipinski definition) is 14. The van der Waals surface area contributed by atoms with E-state index in [9.17, 15) is 60.7 Å². The van der Waals surface area contributed by atoms with E-state index in [1.807, 2.05) is 50.0 Å². The van der Waals surface area contributed by atoms with Crippen LogP contribution in [0.3, 0.4) is 0 Å². The van der Waals surface area contributed by atoms with Gasteiger partial charge in [0.1, 0.15) is 113 Å². The fourth-order valence-corrected chi connectivity index (χ4v) is 19.6. The number of aliphatic hydroxyl groups is 10. The van der Waals surface area contributed by atoms with Crippen molar-refractivity contribution >= 4 is 109 Å². The SMILES string of the molecule is C=C1N=C(N(C)C)C=CN1C1O[C@H](CCP(=C)(C)C)[C@@H](O)[C@H]1OC.C=C1N=C(N)C(C)=CN1C1O[C@H](CCP(=C)(C)C)[C@@H](O)[C@H]1O.C=C1N=C(N)C(CO[Si](C)(C)C(C)(C)C)=CN1C1O[C@H](CCP(=C)(C)C)[C@@H](O)[C@H]1O.C=C1N=C(NC(C)=O)C(CC)=CN1C1O[C@H](CCP(=C)(C)C)[C@@H](O)[C@H]1O.C=P(C)(C)CC[C@H]1OC(n2cc(CO)c(N)nc2=O)[C@H](O)[C@@H]1O. The largest absolute Gasteiger partial charge is 0.412 e. The van der Waals surface area contributed by atoms with Crippen LogP contribution in [0.25, 0.3) is 0 Å². The van der Waals surface area contributed by atoms with Crippen LogP contribution < -0.4 is 28.2 Å². The highest BCUT2D eigenvalue weighted by Crippen LogP contribution is 2.46. The summed E-state index contributed by atoms with van der Waals surface area (Å²) < 4.78 is 42.5. The maximum Gasteiger partial charge on any atom is 0.351 e. The van der Waals surface area contributed by atoms with Gasteiger partial charge < -0.3 is 131 Å². The predicted octanol–water partition coefficient (Wildman–Crippen LogP) is 4.79. The summed E-state index contributed by atoms with van der Waals surface area (Å²) in [4.78, 5) is 52.9. The van der Waals surface area contributed by atoms with E-state index in [0.29, 0.717) is 85.1 Å². The first-order valence-electron chi connectivity index (χ1n) is 41.8. The molecule has 40 heteroatoms. The molecule has 5 unspecified atom stereocenters. The van der Waals surface area contributed by atoms with Crippen molar-refractivity contribution in [3.05, 3.63) is 119 Å². The highest BCUT2D eigenvalue weighted by atomic mass is 31.2. The Balaban J connectivity index is 0.000000242. The van der Waals surface area contributed by atoms with E-state index in [2.05, 4.69) is 189 Å². The molecule has 0 spiro atoms. The zero-order valence-electron chi connectivity index (χ0n) is 77.6. The molecule has 34 nitrogen and oxygen atoms in total. The lowest BCUT2D eigenvalue weighted by molar-refractivity contribution is -0.117. The summed E-state index contributed by atoms with van der Waals surface area (Å²) in [7, 11) is 3.48. The number of ether oxygens (including phenoxy) is 6. The van der Waals surface area contributed by atoms with E-state index in [1.165, 1.54) is 13.1 Å². The van der Waals surface area contributed by atoms with Gasteiger partial charge in [-0.15, -0.1) is 65.9 Å². The number of carbonyl (C=O) groups excluding carboxylic acids is 1. The number of hydrogen-bond acceptors (Lipinski definition) is 32. The molecule has 0 aromatic carbocycles. The van der Waals surface area contributed by atoms with E-state index < -0.39 is 172 Å². The topological polar surface area (TPSA) is 475 Å². The van der Waals surface area contributed by atoms with Crippen LogP contribution in [0, 0.1) is 0 Å². The zero-order valence-corrected chi connectivity index (χ0v) is 83.1. The van der Waals surface area contributed by atoms with Gasteiger partial charge in [0.05, 0.1) is 43.7 Å². The van der Waals surface area contributed by atoms with Gasteiger partial charge in [-0.2, -0.15) is 4.98 Å². The number of aliphatic hydroxyl groups excluding tert-OH is 10. The number of nitrogen functional groups attached to an aromatic ring is 1. The molecular formula is C85H150N15O19P5Si. The third kappa shape index (κ3) is 30.2. The average molecular weight is 1870 g/mol. The number of nitrogens with zero attached hydrogens (tertiary/aromatic N) is 11. The number of methoxy groups -OCH3 is 1. The Bertz CT molecular complexity index is 4570. The van der Waals surface area contributed by atoms with Gasteiger partial charge in [-0.05, 0) is 167 Å². The molecule has 0 saturated carbocycles. The van der Waals surface area contributed by atoms with Crippen LogP contribution >= 0.6 is 34.4 Å². The monoisotopic (exact) mass is 1870 g/mol. The van der Waals surface area contributed by atoms with Gasteiger partial charge in [0.2, 0.25) is 5.91 Å². The van der Waals surface area contributed by atoms with Crippen LogP contribution in [0.1, 0.15) is 91.9 Å². The fraction of sp³-hybridized carbons (Fsp3) is 0.647. The van der Waals surface area contributed by atoms with Crippen LogP contribution in [0.5, 0.6) is 0 Å². The molecule has 0 bridgehead atoms. The van der Waals surface area contributed by atoms with Crippen molar-refractivity contribution in [3.8, 4) is 0 Å². The van der Waals surface area contributed by atoms with Crippen LogP contribution in [-0.4, -0.2) is 396 Å². The highest BCUT2D eigenvalue weighted by Gasteiger charge is 2.52. The number of carbonyl (C=O) groups is 1. The molecule has 1 aromatic heterocycles. The maximum absolute atomic E-state index is 12.0. The summed E-state index contributed by atoms with van der Waals surface area (Å²) in [5, 5.41) is 106. The van der Waals surface area contributed by atoms with Crippen LogP contribution in [0.2, 0.25) is 18.1 Å². The number of aliphatic imine (C=N–C) groups is 4. The van der Waals surface area contributed by atoms with E-state index in [0.717, 1.165) is 58.8 Å². The van der Waals surface area contributed by atoms with Crippen LogP contribution in [0.15, 0.2) is 128 Å². The third-order valence-corrected chi connectivity index (χ3v) is 34.5. The number of anilines is 1. The summed E-state index contributed by atoms with van der Waals surface area (Å²) in [5.41, 5.74) is 19.3. The normalized spacial score (nSPS) is 29.9. The molecule has 0 aliphatic carbocycles. The Morgan fingerprint density at radius 1 is 0.552 bits per heavy atom. The minimum absolute atomic E-state index is 0.0676. The molecule has 17 N–H and O–H groups in total. The van der Waals surface area contributed by atoms with Crippen molar-refractivity contribution in [2.45, 2.75) is 228 Å². The molecule has 1 aromatic rings. The summed E-state index contributed by atoms with van der Waals surface area (Å²) in [5.74, 6) is 3.42. The summed E-state index contributed by atoms with van der Waals surface area (Å²) in [6.45, 7) is 46.9. The van der Waals surface area contributed by atoms with Gasteiger partial charge in [0.15, 0.2) is 39.5 Å². The first kappa shape index (κ1) is 108. The quantitative estimate of drug-likeness (QED) is 0.0438. The minimum atomic E-state index is -1.97. The average Bonchev–Trinajstić information content (AvgIpc) is 1.68. The van der Waals surface area contributed by atoms with Crippen molar-refractivity contribution in [1.82, 2.24) is 39.4 Å². The van der Waals surface area contributed by atoms with Crippen LogP contribution in [-0.2, 0) is 44.2 Å². The number of amides is 1. The Kier molecular flexibility index (Phi) is 38.5. The standard InChI is InChI=1S/C21H40N3O4PSi.C18H30N3O4P.C17H30N3O3P.C15H26N3O3P.C14H24N3O5P/c1-14-23-19(22)15(13-27-30(8,9)21(2,3)4)12-24(14)20-18(26)17(25)16(28-20)10-11-29(5,6)7;1-7-13-10-21(11(2)19-17(13)20-12(3)22)18-16(24)15(23)14(25-18)8-9-26(4,5)6;1-12-18-14(19(2)3)8-10-20(12)17-16(22-4)15(21)13(23-17)9-11-24(5,6)7;1-9-8-18(10(2)17-14(9)16)15-13(20)12(19)11(21-15)6-7-22(3,4)5;1-23(2,3)5-4-9-10(19)11(20)13(22-9)17-6-8(7-18)12(15)16-14(17)21/h12,16-18,20,25-26H,1,5,10-11,13H2,2-4,6-9H3,(H2,22,23);10,14-16,18,23-24H,2,4,7-9H2,1,3,5-6H3,(H,19,20,22);8,10,13,15-17,21H,1,5,9,11H2,2-4,6-7H3;8,11-13,15,19-20H,2-3,6-7H2,1,4-5H3,(H2,16,17);6,9-11,13,18-20H,1,4-5,7H2,2-3H3,(H2,15,16,21)/t16-,17-,18-,20?;14-,15-,16-,18?;13-,15-,16-,17?;11-,12-,13-,15?;9-,10-,11-,13?/m11111/s1. The molecule has 9 aliphatic heterocycles. The van der Waals surface area contributed by atoms with Crippen molar-refractivity contribution in [2.75, 3.05) is 131 Å². The first-order chi connectivity index (χ1) is 57.4. The molecule has 5 saturated heterocycles. The Labute approximate surface area is 742 Å². The fourth-order valence-electron chi connectivity index (χ4n) is 13.9. The number of amidine groups is 4. The van der Waals surface area contributed by atoms with Gasteiger partial charge >= 0.3 is 5.69 Å². The minimum Gasteiger partial charge on any atom is -0.412 e. The molecule has 1 amide bonds. The number of aromatic nitrogens is 2. The Morgan fingerprint density at radius 2 is 0.912 bits per heavy atom. The lowest BCUT2D eigenvalue weighted by atomic mass is 10.1. The molecular weight excluding hydrogens is 1720 g/mol. The number of nitrogens with two attached hydrogens (primary N) is 3. The number of likely N-dealkylation sites (N-methyl/N-ethyl adjacent to an activating group) is 1. The molecule has 708 valence electrons. The zero-order chi connectivity index (χ0) is 94.8. The predicted molar refractivity (Wildman–Crippen MR) is 521 cm³/mol. The van der Waals surface area contributed by atoms with Crippen molar-refractivity contribution in [1.29, 1.82) is 0 Å². The molecule has 125 heavy (non-hydrogen) atoms. The summed E-state index contributed by atoms with van der Waals surface area (Å²) >= 11 is 0. The van der Waals surface area contributed by atoms with Crippen molar-refractivity contribution < 1.29 is 88.7 Å². The van der Waals surface area contributed by atoms with Gasteiger partial charge in [0, 0.05) is 81.4 Å². The maximum atomic E-state index is 12.0. The molecule has 9 aliphatic rings. The molecule has 10 rings (SSSR count). The first-order valence-corrected chi connectivity index (χ1v) is 60.0. The molecule has 0 radical (unpaired) electrons. The molecule has 10 heterocycles. The number of rotatable bonds is 26. The summed E-state index contributed by atoms with van der Waals surface area (Å²) in [6.07, 6.45) is 24.1. The van der Waals surface area contributed by atoms with E-state index >= 15 is 0 Å². The van der Waals surface area contributed by atoms with E-state index in [-0.39, 0.29) is 28.4 Å². The second kappa shape index (κ2) is 44.5. The van der Waals surface area contributed by atoms with Crippen molar-refractivity contribution in [2.24, 2.45) is 31.4 Å². The molecule has 20 atom stereocenters. The molecule has 5 fully saturated rings. The Morgan fingerprint density at radius 3 is 1.28 bits per heavy atom. The highest BCUT2D eigenvalue weighted by molar-refractivity contribution is 7.73. The van der Waals surface area contributed by atoms with E-state index in [4.69, 9.17) is 50.0 Å². The van der Waals surface area contributed by atoms with Gasteiger partial charge in [-0.25, -0.2) is 24.8 Å². The number of nitrogens with one attached hydrogen (secondary N) is 1. The smallest absolute Gasteiger partial charge is 0.351 e. The second-order valence-electron chi connectivity index (χ2n) is 38.3. The summed E-state index contributed by atoms with van der Waals surface area (Å²) in [6, 6.07) is 0.